The summed E-state index contributed by atoms with van der Waals surface area (Å²) in [5, 5.41) is 18.2. The van der Waals surface area contributed by atoms with Crippen LogP contribution in [0.5, 0.6) is 5.75 Å². The molecule has 0 aromatic heterocycles. The standard InChI is InChI=1S/C12H8F2O3/c13-7-4-9-8(10(14)5-7)1-6(2-11(9)15)3-12(16)17/h1-2,4-5,15H,3H2,(H,16,17). The third kappa shape index (κ3) is 2.18. The van der Waals surface area contributed by atoms with E-state index in [2.05, 4.69) is 0 Å². The average molecular weight is 238 g/mol. The summed E-state index contributed by atoms with van der Waals surface area (Å²) in [7, 11) is 0. The van der Waals surface area contributed by atoms with E-state index < -0.39 is 17.6 Å². The second-order valence-electron chi connectivity index (χ2n) is 3.67. The first-order valence-corrected chi connectivity index (χ1v) is 4.80. The van der Waals surface area contributed by atoms with Gasteiger partial charge in [-0.2, -0.15) is 0 Å². The molecule has 3 nitrogen and oxygen atoms in total. The smallest absolute Gasteiger partial charge is 0.307 e. The number of hydrogen-bond donors (Lipinski definition) is 2. The molecule has 0 atom stereocenters. The second-order valence-corrected chi connectivity index (χ2v) is 3.67. The highest BCUT2D eigenvalue weighted by atomic mass is 19.1. The second kappa shape index (κ2) is 4.01. The van der Waals surface area contributed by atoms with Gasteiger partial charge >= 0.3 is 5.97 Å². The maximum atomic E-state index is 13.4. The Kier molecular flexibility index (Phi) is 2.67. The van der Waals surface area contributed by atoms with Gasteiger partial charge in [-0.05, 0) is 23.8 Å². The molecule has 2 aromatic carbocycles. The number of carbonyl (C=O) groups is 1. The van der Waals surface area contributed by atoms with Crippen molar-refractivity contribution in [3.8, 4) is 5.75 Å². The molecule has 0 aliphatic rings. The summed E-state index contributed by atoms with van der Waals surface area (Å²) in [5.74, 6) is -3.05. The maximum Gasteiger partial charge on any atom is 0.307 e. The number of phenols is 1. The van der Waals surface area contributed by atoms with Crippen LogP contribution in [0.3, 0.4) is 0 Å². The van der Waals surface area contributed by atoms with Crippen LogP contribution in [0.15, 0.2) is 24.3 Å². The van der Waals surface area contributed by atoms with E-state index >= 15 is 0 Å². The summed E-state index contributed by atoms with van der Waals surface area (Å²) >= 11 is 0. The number of fused-ring (bicyclic) bond motifs is 1. The van der Waals surface area contributed by atoms with Crippen LogP contribution in [0.4, 0.5) is 8.78 Å². The molecular weight excluding hydrogens is 230 g/mol. The summed E-state index contributed by atoms with van der Waals surface area (Å²) in [6.07, 6.45) is -0.333. The van der Waals surface area contributed by atoms with Crippen molar-refractivity contribution in [3.05, 3.63) is 41.5 Å². The number of rotatable bonds is 2. The molecule has 0 saturated carbocycles. The number of hydrogen-bond acceptors (Lipinski definition) is 2. The summed E-state index contributed by atoms with van der Waals surface area (Å²) < 4.78 is 26.4. The van der Waals surface area contributed by atoms with Gasteiger partial charge in [0.15, 0.2) is 0 Å². The third-order valence-corrected chi connectivity index (χ3v) is 2.38. The lowest BCUT2D eigenvalue weighted by Crippen LogP contribution is -2.00. The number of carboxylic acids is 1. The molecule has 0 amide bonds. The fraction of sp³-hybridized carbons (Fsp3) is 0.0833. The lowest BCUT2D eigenvalue weighted by molar-refractivity contribution is -0.136. The third-order valence-electron chi connectivity index (χ3n) is 2.38. The Hall–Kier alpha value is -2.17. The van der Waals surface area contributed by atoms with Gasteiger partial charge in [0, 0.05) is 16.8 Å². The van der Waals surface area contributed by atoms with Gasteiger partial charge in [0.2, 0.25) is 0 Å². The van der Waals surface area contributed by atoms with Crippen LogP contribution >= 0.6 is 0 Å². The van der Waals surface area contributed by atoms with E-state index in [-0.39, 0.29) is 28.5 Å². The molecule has 2 N–H and O–H groups in total. The van der Waals surface area contributed by atoms with E-state index in [1.165, 1.54) is 12.1 Å². The summed E-state index contributed by atoms with van der Waals surface area (Å²) in [6, 6.07) is 4.16. The highest BCUT2D eigenvalue weighted by Gasteiger charge is 2.11. The minimum atomic E-state index is -1.09. The Labute approximate surface area is 94.9 Å². The normalized spacial score (nSPS) is 10.7. The molecule has 2 rings (SSSR count). The van der Waals surface area contributed by atoms with Crippen molar-refractivity contribution in [2.45, 2.75) is 6.42 Å². The van der Waals surface area contributed by atoms with Gasteiger partial charge in [0.25, 0.3) is 0 Å². The molecule has 0 aliphatic carbocycles. The van der Waals surface area contributed by atoms with Crippen molar-refractivity contribution in [3.63, 3.8) is 0 Å². The highest BCUT2D eigenvalue weighted by molar-refractivity contribution is 5.90. The Morgan fingerprint density at radius 1 is 1.12 bits per heavy atom. The summed E-state index contributed by atoms with van der Waals surface area (Å²) in [6.45, 7) is 0. The number of aliphatic carboxylic acids is 1. The van der Waals surface area contributed by atoms with Gasteiger partial charge in [-0.1, -0.05) is 0 Å². The molecule has 0 bridgehead atoms. The van der Waals surface area contributed by atoms with E-state index in [0.29, 0.717) is 6.07 Å². The van der Waals surface area contributed by atoms with Crippen molar-refractivity contribution < 1.29 is 23.8 Å². The maximum absolute atomic E-state index is 13.4. The predicted molar refractivity (Wildman–Crippen MR) is 56.9 cm³/mol. The number of carboxylic acid groups (broad SMARTS) is 1. The van der Waals surface area contributed by atoms with E-state index in [1.807, 2.05) is 0 Å². The molecular formula is C12H8F2O3. The molecule has 17 heavy (non-hydrogen) atoms. The largest absolute Gasteiger partial charge is 0.507 e. The van der Waals surface area contributed by atoms with Crippen LogP contribution in [-0.4, -0.2) is 16.2 Å². The van der Waals surface area contributed by atoms with Crippen molar-refractivity contribution >= 4 is 16.7 Å². The molecule has 0 spiro atoms. The molecule has 0 radical (unpaired) electrons. The van der Waals surface area contributed by atoms with Gasteiger partial charge < -0.3 is 10.2 Å². The Balaban J connectivity index is 2.68. The first-order valence-electron chi connectivity index (χ1n) is 4.80. The first-order chi connectivity index (χ1) is 7.97. The topological polar surface area (TPSA) is 57.5 Å². The van der Waals surface area contributed by atoms with Gasteiger partial charge in [0.1, 0.15) is 17.4 Å². The lowest BCUT2D eigenvalue weighted by atomic mass is 10.0. The first kappa shape index (κ1) is 11.3. The van der Waals surface area contributed by atoms with Crippen LogP contribution in [0.2, 0.25) is 0 Å². The quantitative estimate of drug-likeness (QED) is 0.844. The number of phenolic OH excluding ortho intramolecular Hbond substituents is 1. The van der Waals surface area contributed by atoms with E-state index in [0.717, 1.165) is 6.07 Å². The summed E-state index contributed by atoms with van der Waals surface area (Å²) in [5.41, 5.74) is 0.257. The van der Waals surface area contributed by atoms with Gasteiger partial charge in [-0.3, -0.25) is 4.79 Å². The molecule has 5 heteroatoms. The van der Waals surface area contributed by atoms with Crippen molar-refractivity contribution in [2.75, 3.05) is 0 Å². The van der Waals surface area contributed by atoms with E-state index in [1.54, 1.807) is 0 Å². The molecule has 0 aliphatic heterocycles. The van der Waals surface area contributed by atoms with Crippen molar-refractivity contribution in [2.24, 2.45) is 0 Å². The Morgan fingerprint density at radius 2 is 1.82 bits per heavy atom. The molecule has 2 aromatic rings. The van der Waals surface area contributed by atoms with Crippen molar-refractivity contribution in [1.82, 2.24) is 0 Å². The highest BCUT2D eigenvalue weighted by Crippen LogP contribution is 2.29. The van der Waals surface area contributed by atoms with Gasteiger partial charge in [-0.15, -0.1) is 0 Å². The number of halogens is 2. The minimum absolute atomic E-state index is 0.00245. The van der Waals surface area contributed by atoms with E-state index in [9.17, 15) is 18.7 Å². The Morgan fingerprint density at radius 3 is 2.47 bits per heavy atom. The number of aromatic hydroxyl groups is 1. The van der Waals surface area contributed by atoms with Gasteiger partial charge in [-0.25, -0.2) is 8.78 Å². The molecule has 0 fully saturated rings. The fourth-order valence-electron chi connectivity index (χ4n) is 1.70. The van der Waals surface area contributed by atoms with Crippen LogP contribution in [-0.2, 0) is 11.2 Å². The van der Waals surface area contributed by atoms with Crippen LogP contribution < -0.4 is 0 Å². The predicted octanol–water partition coefficient (Wildman–Crippen LogP) is 2.45. The zero-order valence-corrected chi connectivity index (χ0v) is 8.58. The molecule has 88 valence electrons. The van der Waals surface area contributed by atoms with Crippen LogP contribution in [0, 0.1) is 11.6 Å². The summed E-state index contributed by atoms with van der Waals surface area (Å²) in [4.78, 5) is 10.5. The zero-order valence-electron chi connectivity index (χ0n) is 8.58. The van der Waals surface area contributed by atoms with Crippen molar-refractivity contribution in [1.29, 1.82) is 0 Å². The number of benzene rings is 2. The molecule has 0 saturated heterocycles. The fourth-order valence-corrected chi connectivity index (χ4v) is 1.70. The van der Waals surface area contributed by atoms with Crippen LogP contribution in [0.25, 0.3) is 10.8 Å². The molecule has 0 unspecified atom stereocenters. The van der Waals surface area contributed by atoms with Crippen LogP contribution in [0.1, 0.15) is 5.56 Å². The molecule has 0 heterocycles. The SMILES string of the molecule is O=C(O)Cc1cc(O)c2cc(F)cc(F)c2c1. The van der Waals surface area contributed by atoms with Gasteiger partial charge in [0.05, 0.1) is 6.42 Å². The zero-order chi connectivity index (χ0) is 12.6. The minimum Gasteiger partial charge on any atom is -0.507 e. The Bertz CT molecular complexity index is 608. The monoisotopic (exact) mass is 238 g/mol. The average Bonchev–Trinajstić information content (AvgIpc) is 2.19. The lowest BCUT2D eigenvalue weighted by Gasteiger charge is -2.06. The van der Waals surface area contributed by atoms with E-state index in [4.69, 9.17) is 5.11 Å².